The number of aromatic nitrogens is 1. The van der Waals surface area contributed by atoms with Crippen LogP contribution < -0.4 is 25.6 Å². The summed E-state index contributed by atoms with van der Waals surface area (Å²) in [6.07, 6.45) is 10.1. The third-order valence-electron chi connectivity index (χ3n) is 10.9. The van der Waals surface area contributed by atoms with Gasteiger partial charge in [-0.25, -0.2) is 0 Å². The summed E-state index contributed by atoms with van der Waals surface area (Å²) >= 11 is 1.48. The predicted octanol–water partition coefficient (Wildman–Crippen LogP) is 5.80. The Balaban J connectivity index is 0.000000193. The Morgan fingerprint density at radius 2 is 1.90 bits per heavy atom. The second-order valence-electron chi connectivity index (χ2n) is 15.5. The zero-order valence-electron chi connectivity index (χ0n) is 34.1. The molecule has 0 radical (unpaired) electrons. The smallest absolute Gasteiger partial charge is 0.325 e. The molecular weight excluding hydrogens is 793 g/mol. The highest BCUT2D eigenvalue weighted by Gasteiger charge is 2.47. The summed E-state index contributed by atoms with van der Waals surface area (Å²) in [5.41, 5.74) is 4.92. The van der Waals surface area contributed by atoms with Crippen LogP contribution in [0.3, 0.4) is 0 Å². The standard InChI is InChI=1S/C26H28N3O3PS.C11H15N3O.C6H12FNO2/c30-25(28-22-14-21-20(27-21)13-18-5-4-10-29(18)26(22)31)24-12-17-11-16(8-9-23(17)34-24)15-33-32-19-6-2-1-3-7-19;1-13(2)11-3-4-12-5-10(11)9-6-14(7-9)8-15;1-3-4-10-6(9)5(2)8-7/h1-3,6-9,11-12,18,20-22,27,33H,4-5,10,13-15H2,(H,28,30);3-5,8-9H,6-7H2,1-2H3;5,8H,3-4H2,1-2H3/t18-,20+,21-,22+;;/m1../s1. The molecule has 316 valence electrons. The quantitative estimate of drug-likeness (QED) is 0.0495. The topological polar surface area (TPSA) is 155 Å². The number of esters is 1. The normalized spacial score (nSPS) is 21.3. The van der Waals surface area contributed by atoms with Gasteiger partial charge in [-0.1, -0.05) is 31.2 Å². The Kier molecular flexibility index (Phi) is 15.6. The maximum absolute atomic E-state index is 13.2. The molecule has 8 rings (SSSR count). The Hall–Kier alpha value is -4.69. The highest BCUT2D eigenvalue weighted by molar-refractivity contribution is 7.31. The number of likely N-dealkylation sites (tertiary alicyclic amines) is 1. The number of thiophene rings is 1. The van der Waals surface area contributed by atoms with Gasteiger partial charge in [-0.15, -0.1) is 21.4 Å². The average molecular weight is 848 g/mol. The van der Waals surface area contributed by atoms with Crippen LogP contribution in [-0.4, -0.2) is 110 Å². The minimum absolute atomic E-state index is 0.0887. The molecule has 3 amide bonds. The molecule has 16 heteroatoms. The minimum atomic E-state index is -0.855. The van der Waals surface area contributed by atoms with E-state index in [1.807, 2.05) is 74.6 Å². The van der Waals surface area contributed by atoms with Crippen LogP contribution in [-0.2, 0) is 25.3 Å². The molecular formula is C43H55FN7O6PS. The van der Waals surface area contributed by atoms with Gasteiger partial charge in [0.2, 0.25) is 12.3 Å². The molecule has 13 nitrogen and oxygen atoms in total. The number of para-hydroxylation sites is 1. The zero-order valence-corrected chi connectivity index (χ0v) is 35.9. The molecule has 4 aliphatic heterocycles. The number of benzene rings is 2. The summed E-state index contributed by atoms with van der Waals surface area (Å²) in [6.45, 7) is 6.07. The van der Waals surface area contributed by atoms with Gasteiger partial charge >= 0.3 is 5.97 Å². The lowest BCUT2D eigenvalue weighted by atomic mass is 9.92. The van der Waals surface area contributed by atoms with Crippen LogP contribution >= 0.6 is 20.1 Å². The summed E-state index contributed by atoms with van der Waals surface area (Å²) in [5.74, 6) is 0.716. The number of anilines is 1. The van der Waals surface area contributed by atoms with Crippen molar-refractivity contribution in [1.82, 2.24) is 31.0 Å². The van der Waals surface area contributed by atoms with Gasteiger partial charge in [-0.3, -0.25) is 24.2 Å². The molecule has 4 fully saturated rings. The van der Waals surface area contributed by atoms with E-state index in [2.05, 4.69) is 43.5 Å². The Morgan fingerprint density at radius 1 is 1.12 bits per heavy atom. The number of halogens is 1. The van der Waals surface area contributed by atoms with Crippen LogP contribution in [0.5, 0.6) is 5.75 Å². The molecule has 6 heterocycles. The lowest BCUT2D eigenvalue weighted by Crippen LogP contribution is -2.52. The first kappa shape index (κ1) is 43.9. The maximum Gasteiger partial charge on any atom is 0.325 e. The lowest BCUT2D eigenvalue weighted by Gasteiger charge is -2.38. The van der Waals surface area contributed by atoms with Crippen LogP contribution in [0.15, 0.2) is 73.1 Å². The number of pyridine rings is 1. The number of ether oxygens (including phenoxy) is 1. The second-order valence-corrected chi connectivity index (χ2v) is 17.4. The molecule has 2 aromatic carbocycles. The molecule has 4 aliphatic rings. The summed E-state index contributed by atoms with van der Waals surface area (Å²) in [5, 5.41) is 7.64. The number of fused-ring (bicyclic) bond motifs is 3. The molecule has 59 heavy (non-hydrogen) atoms. The van der Waals surface area contributed by atoms with Crippen molar-refractivity contribution in [2.75, 3.05) is 45.2 Å². The fraction of sp³-hybridized carbons (Fsp3) is 0.465. The van der Waals surface area contributed by atoms with E-state index in [1.54, 1.807) is 11.1 Å². The third kappa shape index (κ3) is 11.7. The molecule has 2 aromatic heterocycles. The number of carbonyl (C=O) groups is 4. The largest absolute Gasteiger partial charge is 0.477 e. The van der Waals surface area contributed by atoms with E-state index < -0.39 is 18.1 Å². The Morgan fingerprint density at radius 3 is 2.63 bits per heavy atom. The highest BCUT2D eigenvalue weighted by atomic mass is 32.1. The van der Waals surface area contributed by atoms with Crippen LogP contribution in [0.25, 0.3) is 10.1 Å². The molecule has 0 spiro atoms. The van der Waals surface area contributed by atoms with E-state index in [0.717, 1.165) is 73.7 Å². The fourth-order valence-electron chi connectivity index (χ4n) is 7.55. The predicted molar refractivity (Wildman–Crippen MR) is 231 cm³/mol. The summed E-state index contributed by atoms with van der Waals surface area (Å²) < 4.78 is 23.0. The van der Waals surface area contributed by atoms with E-state index in [4.69, 9.17) is 4.52 Å². The van der Waals surface area contributed by atoms with Gasteiger partial charge in [0.15, 0.2) is 0 Å². The number of hydrogen-bond donors (Lipinski definition) is 3. The zero-order chi connectivity index (χ0) is 41.9. The van der Waals surface area contributed by atoms with Gasteiger partial charge < -0.3 is 34.6 Å². The van der Waals surface area contributed by atoms with Gasteiger partial charge in [-0.05, 0) is 86.4 Å². The molecule has 4 saturated heterocycles. The Bertz CT molecular complexity index is 2040. The molecule has 2 unspecified atom stereocenters. The Labute approximate surface area is 351 Å². The molecule has 4 aromatic rings. The summed E-state index contributed by atoms with van der Waals surface area (Å²) in [7, 11) is 4.38. The number of rotatable bonds is 13. The van der Waals surface area contributed by atoms with E-state index in [9.17, 15) is 23.7 Å². The first-order chi connectivity index (χ1) is 28.6. The lowest BCUT2D eigenvalue weighted by molar-refractivity contribution is -0.147. The van der Waals surface area contributed by atoms with Crippen LogP contribution in [0.1, 0.15) is 72.7 Å². The van der Waals surface area contributed by atoms with Crippen molar-refractivity contribution in [3.8, 4) is 5.75 Å². The van der Waals surface area contributed by atoms with Crippen molar-refractivity contribution in [1.29, 1.82) is 0 Å². The van der Waals surface area contributed by atoms with Gasteiger partial charge in [0.1, 0.15) is 17.8 Å². The van der Waals surface area contributed by atoms with Crippen molar-refractivity contribution in [2.45, 2.75) is 88.2 Å². The fourth-order valence-corrected chi connectivity index (χ4v) is 9.26. The van der Waals surface area contributed by atoms with Gasteiger partial charge in [0, 0.05) is 92.3 Å². The maximum atomic E-state index is 13.2. The van der Waals surface area contributed by atoms with E-state index in [-0.39, 0.29) is 11.8 Å². The van der Waals surface area contributed by atoms with Gasteiger partial charge in [0.05, 0.1) is 20.3 Å². The molecule has 3 N–H and O–H groups in total. The van der Waals surface area contributed by atoms with Crippen LogP contribution in [0.2, 0.25) is 0 Å². The van der Waals surface area contributed by atoms with Crippen molar-refractivity contribution >= 4 is 60.1 Å². The van der Waals surface area contributed by atoms with Crippen molar-refractivity contribution in [2.24, 2.45) is 0 Å². The number of nitrogens with one attached hydrogen (secondary N) is 3. The van der Waals surface area contributed by atoms with Crippen LogP contribution in [0.4, 0.5) is 10.2 Å². The van der Waals surface area contributed by atoms with Crippen molar-refractivity contribution < 1.29 is 32.9 Å². The number of carbonyl (C=O) groups excluding carboxylic acids is 4. The molecule has 0 aliphatic carbocycles. The molecule has 0 bridgehead atoms. The van der Waals surface area contributed by atoms with Crippen molar-refractivity contribution in [3.05, 3.63) is 89.1 Å². The van der Waals surface area contributed by atoms with E-state index in [1.165, 1.54) is 40.6 Å². The van der Waals surface area contributed by atoms with Gasteiger partial charge in [-0.2, -0.15) is 0 Å². The third-order valence-corrected chi connectivity index (χ3v) is 12.9. The second kappa shape index (κ2) is 21.0. The first-order valence-corrected chi connectivity index (χ1v) is 22.2. The average Bonchev–Trinajstić information content (AvgIpc) is 3.55. The summed E-state index contributed by atoms with van der Waals surface area (Å²) in [6, 6.07) is 20.0. The summed E-state index contributed by atoms with van der Waals surface area (Å²) in [4.78, 5) is 58.1. The van der Waals surface area contributed by atoms with Gasteiger partial charge in [0.25, 0.3) is 5.91 Å². The molecule has 0 saturated carbocycles. The van der Waals surface area contributed by atoms with E-state index >= 15 is 0 Å². The number of nitrogens with zero attached hydrogens (tertiary/aromatic N) is 4. The monoisotopic (exact) mass is 847 g/mol. The van der Waals surface area contributed by atoms with Crippen LogP contribution in [0, 0.1) is 0 Å². The SMILES string of the molecule is CCCOC(=O)C(C)NF.CN(C)c1ccncc1C1CN(C=O)C1.O=C(N[C@H]1C[C@H]2N[C@H]2C[C@H]2CCCN2C1=O)c1cc2cc(CPOc3ccccc3)ccc2s1. The van der Waals surface area contributed by atoms with E-state index in [0.29, 0.717) is 50.8 Å². The number of amides is 3. The van der Waals surface area contributed by atoms with Crippen molar-refractivity contribution in [3.63, 3.8) is 0 Å². The number of hydrogen-bond acceptors (Lipinski definition) is 11. The molecule has 6 atom stereocenters. The highest BCUT2D eigenvalue weighted by Crippen LogP contribution is 2.34. The first-order valence-electron chi connectivity index (χ1n) is 20.3. The minimum Gasteiger partial charge on any atom is -0.477 e.